The molecular weight excluding hydrogens is 260 g/mol. The number of aryl methyl sites for hydroxylation is 1. The quantitative estimate of drug-likeness (QED) is 0.346. The number of hydrogen-bond donors (Lipinski definition) is 1. The molecule has 0 aliphatic rings. The number of hydrogen-bond acceptors (Lipinski definition) is 1. The molecule has 1 atom stereocenters. The normalized spacial score (nSPS) is 12.7. The second-order valence-electron chi connectivity index (χ2n) is 4.57. The van der Waals surface area contributed by atoms with Crippen molar-refractivity contribution in [3.05, 3.63) is 41.8 Å². The number of aliphatic hydroxyl groups is 1. The summed E-state index contributed by atoms with van der Waals surface area (Å²) < 4.78 is 51.9. The molecule has 1 aromatic rings. The van der Waals surface area contributed by atoms with Crippen LogP contribution in [-0.4, -0.2) is 11.2 Å². The van der Waals surface area contributed by atoms with Gasteiger partial charge >= 0.3 is 0 Å². The second kappa shape index (κ2) is 7.48. The molecule has 19 heavy (non-hydrogen) atoms. The summed E-state index contributed by atoms with van der Waals surface area (Å²) in [5.74, 6) is -6.21. The highest BCUT2D eigenvalue weighted by molar-refractivity contribution is 5.21. The van der Waals surface area contributed by atoms with Crippen LogP contribution in [0.3, 0.4) is 0 Å². The largest absolute Gasteiger partial charge is 0.393 e. The summed E-state index contributed by atoms with van der Waals surface area (Å²) in [5, 5.41) is 8.93. The zero-order valence-corrected chi connectivity index (χ0v) is 10.6. The molecule has 1 N–H and O–H groups in total. The van der Waals surface area contributed by atoms with Gasteiger partial charge in [-0.25, -0.2) is 17.6 Å². The molecule has 0 aliphatic heterocycles. The Bertz CT molecular complexity index is 418. The minimum Gasteiger partial charge on any atom is -0.393 e. The van der Waals surface area contributed by atoms with Crippen LogP contribution in [0, 0.1) is 30.2 Å². The summed E-state index contributed by atoms with van der Waals surface area (Å²) in [6.07, 6.45) is 3.07. The molecule has 0 aromatic heterocycles. The highest BCUT2D eigenvalue weighted by atomic mass is 19.2. The van der Waals surface area contributed by atoms with Crippen molar-refractivity contribution in [2.75, 3.05) is 0 Å². The van der Waals surface area contributed by atoms with Crippen molar-refractivity contribution in [1.82, 2.24) is 0 Å². The number of rotatable bonds is 7. The Morgan fingerprint density at radius 3 is 2.21 bits per heavy atom. The average Bonchev–Trinajstić information content (AvgIpc) is 2.36. The molecular formula is C14H17F4O. The Kier molecular flexibility index (Phi) is 6.28. The van der Waals surface area contributed by atoms with Crippen LogP contribution in [-0.2, 0) is 6.42 Å². The van der Waals surface area contributed by atoms with E-state index in [9.17, 15) is 17.6 Å². The molecule has 0 saturated carbocycles. The first kappa shape index (κ1) is 16.0. The molecule has 0 fully saturated rings. The Morgan fingerprint density at radius 2 is 1.58 bits per heavy atom. The van der Waals surface area contributed by atoms with Crippen LogP contribution < -0.4 is 0 Å². The number of benzene rings is 1. The van der Waals surface area contributed by atoms with Crippen molar-refractivity contribution in [2.24, 2.45) is 0 Å². The topological polar surface area (TPSA) is 20.2 Å². The molecule has 0 aliphatic carbocycles. The second-order valence-corrected chi connectivity index (χ2v) is 4.57. The first-order valence-electron chi connectivity index (χ1n) is 6.26. The van der Waals surface area contributed by atoms with E-state index in [2.05, 4.69) is 6.92 Å². The van der Waals surface area contributed by atoms with Gasteiger partial charge in [-0.15, -0.1) is 0 Å². The third-order valence-corrected chi connectivity index (χ3v) is 2.91. The van der Waals surface area contributed by atoms with Crippen molar-refractivity contribution in [3.8, 4) is 0 Å². The molecule has 0 amide bonds. The maximum atomic E-state index is 13.3. The Labute approximate surface area is 110 Å². The minimum atomic E-state index is -1.77. The highest BCUT2D eigenvalue weighted by Crippen LogP contribution is 2.20. The van der Waals surface area contributed by atoms with Crippen molar-refractivity contribution in [1.29, 1.82) is 0 Å². The summed E-state index contributed by atoms with van der Waals surface area (Å²) in [4.78, 5) is 0. The molecule has 1 nitrogen and oxygen atoms in total. The lowest BCUT2D eigenvalue weighted by Gasteiger charge is -2.06. The Hall–Kier alpha value is -1.10. The van der Waals surface area contributed by atoms with Crippen molar-refractivity contribution in [3.63, 3.8) is 0 Å². The zero-order valence-electron chi connectivity index (χ0n) is 10.6. The fourth-order valence-electron chi connectivity index (χ4n) is 1.85. The van der Waals surface area contributed by atoms with E-state index in [1.165, 1.54) is 0 Å². The van der Waals surface area contributed by atoms with Gasteiger partial charge < -0.3 is 5.11 Å². The monoisotopic (exact) mass is 277 g/mol. The van der Waals surface area contributed by atoms with Gasteiger partial charge in [0, 0.05) is 0 Å². The third kappa shape index (κ3) is 4.82. The summed E-state index contributed by atoms with van der Waals surface area (Å²) in [6, 6.07) is 0.702. The minimum absolute atomic E-state index is 0.145. The lowest BCUT2D eigenvalue weighted by atomic mass is 10.0. The van der Waals surface area contributed by atoms with Crippen LogP contribution in [0.2, 0.25) is 0 Å². The van der Waals surface area contributed by atoms with Gasteiger partial charge in [-0.05, 0) is 37.8 Å². The molecule has 0 heterocycles. The molecule has 1 aromatic carbocycles. The third-order valence-electron chi connectivity index (χ3n) is 2.91. The summed E-state index contributed by atoms with van der Waals surface area (Å²) in [5.41, 5.74) is -0.145. The van der Waals surface area contributed by atoms with Gasteiger partial charge in [-0.1, -0.05) is 19.3 Å². The lowest BCUT2D eigenvalue weighted by molar-refractivity contribution is 0.205. The zero-order chi connectivity index (χ0) is 14.4. The van der Waals surface area contributed by atoms with E-state index in [4.69, 9.17) is 5.11 Å². The molecule has 5 heteroatoms. The molecule has 0 bridgehead atoms. The van der Waals surface area contributed by atoms with Gasteiger partial charge in [0.05, 0.1) is 6.10 Å². The van der Waals surface area contributed by atoms with Crippen LogP contribution in [0.25, 0.3) is 0 Å². The average molecular weight is 277 g/mol. The highest BCUT2D eigenvalue weighted by Gasteiger charge is 2.18. The van der Waals surface area contributed by atoms with Crippen molar-refractivity contribution in [2.45, 2.75) is 44.6 Å². The summed E-state index contributed by atoms with van der Waals surface area (Å²) in [7, 11) is 0. The fraction of sp³-hybridized carbons (Fsp3) is 0.500. The van der Waals surface area contributed by atoms with E-state index in [0.717, 1.165) is 19.3 Å². The first-order valence-corrected chi connectivity index (χ1v) is 6.26. The van der Waals surface area contributed by atoms with E-state index in [-0.39, 0.29) is 12.0 Å². The van der Waals surface area contributed by atoms with Gasteiger partial charge in [-0.2, -0.15) is 0 Å². The van der Waals surface area contributed by atoms with E-state index >= 15 is 0 Å². The van der Waals surface area contributed by atoms with Crippen molar-refractivity contribution < 1.29 is 22.7 Å². The van der Waals surface area contributed by atoms with Gasteiger partial charge in [0.25, 0.3) is 0 Å². The van der Waals surface area contributed by atoms with Gasteiger partial charge in [0.2, 0.25) is 0 Å². The molecule has 0 saturated heterocycles. The fourth-order valence-corrected chi connectivity index (χ4v) is 1.85. The van der Waals surface area contributed by atoms with E-state index in [0.29, 0.717) is 18.9 Å². The standard InChI is InChI=1S/C14H17F4O/c1-9(19)6-4-2-3-5-7-10-8-11(15)13(17)14(18)12(10)16/h8-9,19H,1-7H2. The molecule has 107 valence electrons. The summed E-state index contributed by atoms with van der Waals surface area (Å²) >= 11 is 0. The van der Waals surface area contributed by atoms with E-state index < -0.39 is 29.4 Å². The SMILES string of the molecule is [CH2]C(O)CCCCCCc1cc(F)c(F)c(F)c1F. The first-order chi connectivity index (χ1) is 8.93. The molecule has 0 spiro atoms. The predicted molar refractivity (Wildman–Crippen MR) is 64.4 cm³/mol. The van der Waals surface area contributed by atoms with Crippen LogP contribution >= 0.6 is 0 Å². The molecule has 1 rings (SSSR count). The maximum Gasteiger partial charge on any atom is 0.197 e. The maximum absolute atomic E-state index is 13.3. The lowest BCUT2D eigenvalue weighted by Crippen LogP contribution is -2.02. The number of halogens is 4. The van der Waals surface area contributed by atoms with Gasteiger partial charge in [0.1, 0.15) is 0 Å². The molecule has 1 unspecified atom stereocenters. The van der Waals surface area contributed by atoms with Crippen LogP contribution in [0.5, 0.6) is 0 Å². The van der Waals surface area contributed by atoms with Gasteiger partial charge in [0.15, 0.2) is 23.3 Å². The van der Waals surface area contributed by atoms with E-state index in [1.807, 2.05) is 0 Å². The van der Waals surface area contributed by atoms with Crippen LogP contribution in [0.1, 0.15) is 37.7 Å². The Morgan fingerprint density at radius 1 is 0.947 bits per heavy atom. The number of unbranched alkanes of at least 4 members (excludes halogenated alkanes) is 3. The van der Waals surface area contributed by atoms with Crippen molar-refractivity contribution >= 4 is 0 Å². The molecule has 1 radical (unpaired) electrons. The summed E-state index contributed by atoms with van der Waals surface area (Å²) in [6.45, 7) is 3.43. The predicted octanol–water partition coefficient (Wildman–Crippen LogP) is 3.93. The van der Waals surface area contributed by atoms with Gasteiger partial charge in [-0.3, -0.25) is 0 Å². The van der Waals surface area contributed by atoms with Crippen LogP contribution in [0.15, 0.2) is 6.07 Å². The smallest absolute Gasteiger partial charge is 0.197 e. The number of aliphatic hydroxyl groups excluding tert-OH is 1. The van der Waals surface area contributed by atoms with Crippen LogP contribution in [0.4, 0.5) is 17.6 Å². The van der Waals surface area contributed by atoms with E-state index in [1.54, 1.807) is 0 Å². The Balaban J connectivity index is 2.42.